The molecule has 4 nitrogen and oxygen atoms in total. The molecule has 1 unspecified atom stereocenters. The molecular formula is C14H15ClN4S. The van der Waals surface area contributed by atoms with Crippen molar-refractivity contribution in [3.63, 3.8) is 0 Å². The number of alkyl halides is 1. The van der Waals surface area contributed by atoms with Crippen molar-refractivity contribution in [3.05, 3.63) is 39.7 Å². The minimum atomic E-state index is 0.0850. The SMILES string of the molecule is Cc1cnc(C(C)n2c(CCl)nc3c(C)ccnc32)s1. The van der Waals surface area contributed by atoms with E-state index in [2.05, 4.69) is 33.4 Å². The van der Waals surface area contributed by atoms with Gasteiger partial charge in [-0.2, -0.15) is 0 Å². The molecule has 1 atom stereocenters. The number of halogens is 1. The Morgan fingerprint density at radius 3 is 2.80 bits per heavy atom. The van der Waals surface area contributed by atoms with Crippen LogP contribution in [0.4, 0.5) is 0 Å². The van der Waals surface area contributed by atoms with Crippen LogP contribution in [0.2, 0.25) is 0 Å². The predicted octanol–water partition coefficient (Wildman–Crippen LogP) is 3.85. The van der Waals surface area contributed by atoms with Gasteiger partial charge in [-0.05, 0) is 32.4 Å². The van der Waals surface area contributed by atoms with E-state index in [0.29, 0.717) is 5.88 Å². The fourth-order valence-electron chi connectivity index (χ4n) is 2.33. The van der Waals surface area contributed by atoms with Gasteiger partial charge in [-0.25, -0.2) is 15.0 Å². The molecule has 0 amide bonds. The van der Waals surface area contributed by atoms with Gasteiger partial charge in [0, 0.05) is 17.3 Å². The van der Waals surface area contributed by atoms with Crippen LogP contribution in [0.15, 0.2) is 18.5 Å². The van der Waals surface area contributed by atoms with Crippen molar-refractivity contribution >= 4 is 34.1 Å². The highest BCUT2D eigenvalue weighted by Crippen LogP contribution is 2.29. The molecule has 3 rings (SSSR count). The molecule has 0 radical (unpaired) electrons. The minimum absolute atomic E-state index is 0.0850. The van der Waals surface area contributed by atoms with E-state index < -0.39 is 0 Å². The molecule has 6 heteroatoms. The number of fused-ring (bicyclic) bond motifs is 1. The minimum Gasteiger partial charge on any atom is -0.302 e. The summed E-state index contributed by atoms with van der Waals surface area (Å²) in [5.41, 5.74) is 2.91. The Balaban J connectivity index is 2.21. The average molecular weight is 307 g/mol. The molecule has 20 heavy (non-hydrogen) atoms. The van der Waals surface area contributed by atoms with Crippen molar-refractivity contribution in [1.82, 2.24) is 19.5 Å². The summed E-state index contributed by atoms with van der Waals surface area (Å²) >= 11 is 7.76. The molecule has 3 aromatic rings. The predicted molar refractivity (Wildman–Crippen MR) is 82.5 cm³/mol. The Hall–Kier alpha value is -1.46. The van der Waals surface area contributed by atoms with E-state index in [-0.39, 0.29) is 6.04 Å². The lowest BCUT2D eigenvalue weighted by molar-refractivity contribution is 0.625. The summed E-state index contributed by atoms with van der Waals surface area (Å²) in [7, 11) is 0. The van der Waals surface area contributed by atoms with Crippen LogP contribution in [-0.2, 0) is 5.88 Å². The first kappa shape index (κ1) is 13.5. The van der Waals surface area contributed by atoms with Gasteiger partial charge in [0.15, 0.2) is 5.65 Å². The van der Waals surface area contributed by atoms with Crippen molar-refractivity contribution in [2.24, 2.45) is 0 Å². The van der Waals surface area contributed by atoms with E-state index in [1.165, 1.54) is 4.88 Å². The summed E-state index contributed by atoms with van der Waals surface area (Å²) in [5, 5.41) is 1.05. The lowest BCUT2D eigenvalue weighted by atomic mass is 10.2. The summed E-state index contributed by atoms with van der Waals surface area (Å²) in [6, 6.07) is 2.05. The Bertz CT molecular complexity index is 762. The number of hydrogen-bond acceptors (Lipinski definition) is 4. The van der Waals surface area contributed by atoms with Crippen LogP contribution < -0.4 is 0 Å². The van der Waals surface area contributed by atoms with Gasteiger partial charge in [-0.15, -0.1) is 22.9 Å². The molecule has 0 aliphatic carbocycles. The summed E-state index contributed by atoms with van der Waals surface area (Å²) in [4.78, 5) is 14.8. The number of aryl methyl sites for hydroxylation is 2. The van der Waals surface area contributed by atoms with E-state index in [1.54, 1.807) is 11.3 Å². The number of nitrogens with zero attached hydrogens (tertiary/aromatic N) is 4. The van der Waals surface area contributed by atoms with Gasteiger partial charge in [0.2, 0.25) is 0 Å². The van der Waals surface area contributed by atoms with Gasteiger partial charge in [0.05, 0.1) is 11.9 Å². The van der Waals surface area contributed by atoms with E-state index in [0.717, 1.165) is 27.6 Å². The quantitative estimate of drug-likeness (QED) is 0.690. The smallest absolute Gasteiger partial charge is 0.160 e. The van der Waals surface area contributed by atoms with Gasteiger partial charge in [0.25, 0.3) is 0 Å². The van der Waals surface area contributed by atoms with Crippen molar-refractivity contribution in [1.29, 1.82) is 0 Å². The molecule has 0 saturated heterocycles. The summed E-state index contributed by atoms with van der Waals surface area (Å²) in [6.07, 6.45) is 3.71. The maximum absolute atomic E-state index is 6.06. The number of aromatic nitrogens is 4. The molecule has 0 saturated carbocycles. The van der Waals surface area contributed by atoms with Gasteiger partial charge >= 0.3 is 0 Å². The van der Waals surface area contributed by atoms with E-state index in [9.17, 15) is 0 Å². The Labute approximate surface area is 126 Å². The Morgan fingerprint density at radius 2 is 2.15 bits per heavy atom. The molecule has 0 spiro atoms. The fraction of sp³-hybridized carbons (Fsp3) is 0.357. The zero-order valence-corrected chi connectivity index (χ0v) is 13.2. The maximum atomic E-state index is 6.06. The number of hydrogen-bond donors (Lipinski definition) is 0. The van der Waals surface area contributed by atoms with Gasteiger partial charge in [-0.1, -0.05) is 0 Å². The summed E-state index contributed by atoms with van der Waals surface area (Å²) in [5.74, 6) is 1.20. The average Bonchev–Trinajstić information content (AvgIpc) is 3.02. The first-order valence-electron chi connectivity index (χ1n) is 6.42. The second-order valence-corrected chi connectivity index (χ2v) is 6.35. The van der Waals surface area contributed by atoms with Crippen LogP contribution in [0.25, 0.3) is 11.2 Å². The zero-order chi connectivity index (χ0) is 14.3. The second-order valence-electron chi connectivity index (χ2n) is 4.82. The summed E-state index contributed by atoms with van der Waals surface area (Å²) < 4.78 is 2.09. The third-order valence-electron chi connectivity index (χ3n) is 3.36. The third-order valence-corrected chi connectivity index (χ3v) is 4.68. The third kappa shape index (κ3) is 2.11. The molecule has 3 heterocycles. The van der Waals surface area contributed by atoms with Gasteiger partial charge in [-0.3, -0.25) is 0 Å². The number of pyridine rings is 1. The molecule has 3 aromatic heterocycles. The lowest BCUT2D eigenvalue weighted by Crippen LogP contribution is -2.10. The van der Waals surface area contributed by atoms with Crippen LogP contribution >= 0.6 is 22.9 Å². The van der Waals surface area contributed by atoms with E-state index >= 15 is 0 Å². The topological polar surface area (TPSA) is 43.6 Å². The van der Waals surface area contributed by atoms with E-state index in [4.69, 9.17) is 11.6 Å². The molecule has 0 aliphatic rings. The van der Waals surface area contributed by atoms with Crippen LogP contribution in [-0.4, -0.2) is 19.5 Å². The first-order chi connectivity index (χ1) is 9.61. The molecule has 0 N–H and O–H groups in total. The molecule has 0 aliphatic heterocycles. The Kier molecular flexibility index (Phi) is 3.48. The molecule has 0 fully saturated rings. The number of imidazole rings is 1. The van der Waals surface area contributed by atoms with Gasteiger partial charge in [0.1, 0.15) is 16.3 Å². The normalized spacial score (nSPS) is 13.0. The number of thiazole rings is 1. The van der Waals surface area contributed by atoms with Crippen molar-refractivity contribution < 1.29 is 0 Å². The highest BCUT2D eigenvalue weighted by molar-refractivity contribution is 7.11. The van der Waals surface area contributed by atoms with Crippen molar-refractivity contribution in [2.75, 3.05) is 0 Å². The molecule has 0 bridgehead atoms. The molecular weight excluding hydrogens is 292 g/mol. The monoisotopic (exact) mass is 306 g/mol. The van der Waals surface area contributed by atoms with Crippen LogP contribution in [0.1, 0.15) is 34.2 Å². The largest absolute Gasteiger partial charge is 0.302 e. The van der Waals surface area contributed by atoms with Crippen molar-refractivity contribution in [3.8, 4) is 0 Å². The standard InChI is InChI=1S/C14H15ClN4S/c1-8-4-5-16-13-12(8)18-11(6-15)19(13)10(3)14-17-7-9(2)20-14/h4-5,7,10H,6H2,1-3H3. The molecule has 0 aromatic carbocycles. The van der Waals surface area contributed by atoms with Crippen LogP contribution in [0, 0.1) is 13.8 Å². The summed E-state index contributed by atoms with van der Waals surface area (Å²) in [6.45, 7) is 6.21. The molecule has 104 valence electrons. The van der Waals surface area contributed by atoms with Crippen LogP contribution in [0.5, 0.6) is 0 Å². The highest BCUT2D eigenvalue weighted by Gasteiger charge is 2.20. The van der Waals surface area contributed by atoms with E-state index in [1.807, 2.05) is 25.4 Å². The highest BCUT2D eigenvalue weighted by atomic mass is 35.5. The lowest BCUT2D eigenvalue weighted by Gasteiger charge is -2.13. The van der Waals surface area contributed by atoms with Gasteiger partial charge < -0.3 is 4.57 Å². The Morgan fingerprint density at radius 1 is 1.35 bits per heavy atom. The fourth-order valence-corrected chi connectivity index (χ4v) is 3.34. The maximum Gasteiger partial charge on any atom is 0.160 e. The van der Waals surface area contributed by atoms with Crippen LogP contribution in [0.3, 0.4) is 0 Å². The second kappa shape index (κ2) is 5.14. The zero-order valence-electron chi connectivity index (χ0n) is 11.6. The number of rotatable bonds is 3. The van der Waals surface area contributed by atoms with Crippen molar-refractivity contribution in [2.45, 2.75) is 32.7 Å². The first-order valence-corrected chi connectivity index (χ1v) is 7.77.